The molecule has 4 aliphatic heterocycles. The number of H-pyrrole nitrogens is 1. The van der Waals surface area contributed by atoms with Gasteiger partial charge >= 0.3 is 12.1 Å². The number of pyridine rings is 1. The SMILES string of the molecule is CO[C@H]1C[C@@H]2CC[C@@H](C)[C@@](O)(O2)C(=O)C(=O)N2CCCC[C@H]2C(=O)O[C@H]([C@H](C)C[C@@H]2CC[C@@H](OC(=O)NCCOCCOCCOCCOCCOCCOCCOCCOCCC(=O)N3CCc4cc(Cn5nc(-c6cnc7[nH]ccc7c6)c6c(N)ncnc65)ccc4C3)[C@H](OC)C2)CC(=O)[C@H](C)/C=C(\C)[C@@H](O)[C@@H](OC)C(=O)[C@H](C)C[C@H](C)/C=C/C=C/C=C/1C. The molecule has 126 heavy (non-hydrogen) atoms. The number of carbonyl (C=O) groups excluding carboxylic acids is 7. The van der Waals surface area contributed by atoms with Gasteiger partial charge in [0.2, 0.25) is 11.7 Å². The van der Waals surface area contributed by atoms with Crippen molar-refractivity contribution in [3.63, 3.8) is 0 Å². The van der Waals surface area contributed by atoms with Crippen molar-refractivity contribution in [1.82, 2.24) is 44.8 Å². The van der Waals surface area contributed by atoms with Crippen molar-refractivity contribution in [3.05, 3.63) is 113 Å². The number of anilines is 1. The van der Waals surface area contributed by atoms with E-state index in [0.29, 0.717) is 205 Å². The van der Waals surface area contributed by atoms with E-state index in [-0.39, 0.29) is 74.7 Å². The molecule has 0 unspecified atom stereocenters. The molecule has 4 aromatic heterocycles. The molecule has 5 aromatic rings. The van der Waals surface area contributed by atoms with Crippen LogP contribution >= 0.6 is 0 Å². The van der Waals surface area contributed by atoms with Gasteiger partial charge in [-0.2, -0.15) is 5.10 Å². The number of hydrogen-bond acceptors (Lipinski definition) is 28. The molecule has 3 amide bonds. The molecule has 694 valence electrons. The Balaban J connectivity index is 0.553. The summed E-state index contributed by atoms with van der Waals surface area (Å²) in [6.07, 6.45) is 15.5. The predicted molar refractivity (Wildman–Crippen MR) is 468 cm³/mol. The van der Waals surface area contributed by atoms with Crippen molar-refractivity contribution in [2.45, 2.75) is 206 Å². The zero-order chi connectivity index (χ0) is 90.1. The Kier molecular flexibility index (Phi) is 40.2. The van der Waals surface area contributed by atoms with E-state index in [4.69, 9.17) is 77.1 Å². The van der Waals surface area contributed by atoms with Gasteiger partial charge in [0.25, 0.3) is 11.7 Å². The summed E-state index contributed by atoms with van der Waals surface area (Å²) < 4.78 is 82.9. The van der Waals surface area contributed by atoms with E-state index in [1.54, 1.807) is 54.2 Å². The number of nitrogen functional groups attached to an aromatic ring is 1. The maximum absolute atomic E-state index is 14.8. The number of aliphatic hydroxyl groups is 2. The number of amides is 3. The summed E-state index contributed by atoms with van der Waals surface area (Å²) in [6.45, 7) is 20.3. The fourth-order valence-electron chi connectivity index (χ4n) is 17.1. The molecule has 2 saturated heterocycles. The molecule has 8 heterocycles. The number of hydrogen-bond donors (Lipinski definition) is 5. The number of allylic oxidation sites excluding steroid dienone is 6. The second kappa shape index (κ2) is 50.9. The molecule has 0 radical (unpaired) electrons. The number of methoxy groups -OCH3 is 3. The number of Topliss-reactive ketones (excluding diaryl/α,β-unsaturated/α-hetero) is 3. The summed E-state index contributed by atoms with van der Waals surface area (Å²) in [5.74, 6) is -8.25. The zero-order valence-corrected chi connectivity index (χ0v) is 75.1. The monoisotopic (exact) mass is 1760 g/mol. The van der Waals surface area contributed by atoms with Gasteiger partial charge in [0.05, 0.1) is 142 Å². The van der Waals surface area contributed by atoms with Crippen LogP contribution in [0.4, 0.5) is 10.6 Å². The Morgan fingerprint density at radius 1 is 0.722 bits per heavy atom. The zero-order valence-electron chi connectivity index (χ0n) is 75.1. The van der Waals surface area contributed by atoms with Crippen molar-refractivity contribution in [3.8, 4) is 11.3 Å². The summed E-state index contributed by atoms with van der Waals surface area (Å²) >= 11 is 0. The van der Waals surface area contributed by atoms with Crippen LogP contribution in [0.5, 0.6) is 0 Å². The number of aromatic amines is 1. The fraction of sp³-hybridized carbons (Fsp3) is 0.645. The van der Waals surface area contributed by atoms with Gasteiger partial charge in [0.15, 0.2) is 11.4 Å². The molecular weight excluding hydrogens is 1630 g/mol. The normalized spacial score (nSPS) is 27.1. The standard InChI is InChI=1S/C93H134N10O23/c1-60-16-12-11-13-17-61(2)77(113-8)54-73-23-19-66(7)93(112,126-73)86(108)90(109)102-30-15-14-18-74(102)91(110)124-78(55-75(104)62(3)49-65(6)84(107)85(115-10)83(106)64(5)48-60)63(4)50-67-21-24-76(79(52-67)114-9)125-92(111)96-29-33-117-35-37-119-39-41-121-43-45-123-47-46-122-44-42-120-40-38-118-36-34-116-32-27-80(105)101-31-26-69-51-68(20-22-71(69)58-101)57-103-89-81(87(94)98-59-99-89)82(100-103)72-53-70-25-28-95-88(70)97-56-72/h11-13,16-17,20,22,25,28,49,51,53,56,59-60,62-64,66-67,73-74,76-79,84-85,107,112H,14-15,18-19,21,23-24,26-27,29-48,50,52,54-55,57-58H2,1-10H3,(H,95,97)(H,96,111)(H2,94,98,99)/b13-11+,16-12+,61-17+,65-49+/t60-,62-,63-,64-,66-,67+,73+,74+,76-,77+,78+,79-,84-,85+,93-/m1/s1. The highest BCUT2D eigenvalue weighted by Crippen LogP contribution is 2.40. The lowest BCUT2D eigenvalue weighted by Crippen LogP contribution is -2.61. The molecule has 3 fully saturated rings. The quantitative estimate of drug-likeness (QED) is 0.0107. The highest BCUT2D eigenvalue weighted by molar-refractivity contribution is 6.39. The lowest BCUT2D eigenvalue weighted by molar-refractivity contribution is -0.265. The van der Waals surface area contributed by atoms with Gasteiger partial charge in [-0.3, -0.25) is 24.0 Å². The molecule has 2 bridgehead atoms. The minimum atomic E-state index is -2.48. The number of ketones is 3. The first-order valence-corrected chi connectivity index (χ1v) is 44.7. The Hall–Kier alpha value is -8.65. The number of benzene rings is 1. The third-order valence-corrected chi connectivity index (χ3v) is 24.5. The largest absolute Gasteiger partial charge is 0.460 e. The summed E-state index contributed by atoms with van der Waals surface area (Å²) in [6, 6.07) is 9.13. The highest BCUT2D eigenvalue weighted by Gasteiger charge is 2.53. The third kappa shape index (κ3) is 28.9. The van der Waals surface area contributed by atoms with Gasteiger partial charge in [-0.15, -0.1) is 0 Å². The second-order valence-electron chi connectivity index (χ2n) is 33.8. The number of carbonyl (C=O) groups is 7. The van der Waals surface area contributed by atoms with Gasteiger partial charge in [0.1, 0.15) is 59.7 Å². The Morgan fingerprint density at radius 3 is 2.08 bits per heavy atom. The third-order valence-electron chi connectivity index (χ3n) is 24.5. The number of nitrogens with zero attached hydrogens (tertiary/aromatic N) is 7. The molecular formula is C93H134N10O23. The number of piperidine rings is 1. The van der Waals surface area contributed by atoms with E-state index < -0.39 is 102 Å². The summed E-state index contributed by atoms with van der Waals surface area (Å²) in [4.78, 5) is 118. The highest BCUT2D eigenvalue weighted by atomic mass is 16.6. The smallest absolute Gasteiger partial charge is 0.407 e. The van der Waals surface area contributed by atoms with E-state index in [1.165, 1.54) is 23.9 Å². The Bertz CT molecular complexity index is 4460. The lowest BCUT2D eigenvalue weighted by Gasteiger charge is -2.42. The maximum Gasteiger partial charge on any atom is 0.407 e. The number of nitrogens with one attached hydrogen (secondary N) is 2. The molecule has 15 atom stereocenters. The minimum Gasteiger partial charge on any atom is -0.460 e. The van der Waals surface area contributed by atoms with Gasteiger partial charge in [0, 0.05) is 101 Å². The summed E-state index contributed by atoms with van der Waals surface area (Å²) in [7, 11) is 4.49. The van der Waals surface area contributed by atoms with E-state index in [0.717, 1.165) is 39.7 Å². The van der Waals surface area contributed by atoms with Crippen molar-refractivity contribution >= 4 is 69.1 Å². The number of aliphatic hydroxyl groups excluding tert-OH is 1. The van der Waals surface area contributed by atoms with Crippen LogP contribution < -0.4 is 11.1 Å². The Morgan fingerprint density at radius 2 is 1.40 bits per heavy atom. The number of esters is 1. The molecule has 1 saturated carbocycles. The predicted octanol–water partition coefficient (Wildman–Crippen LogP) is 9.34. The summed E-state index contributed by atoms with van der Waals surface area (Å²) in [5.41, 5.74) is 13.9. The summed E-state index contributed by atoms with van der Waals surface area (Å²) in [5, 5.41) is 33.1. The molecule has 33 heteroatoms. The lowest BCUT2D eigenvalue weighted by atomic mass is 9.78. The molecule has 33 nitrogen and oxygen atoms in total. The molecule has 10 rings (SSSR count). The maximum atomic E-state index is 14.8. The van der Waals surface area contributed by atoms with Gasteiger partial charge in [-0.1, -0.05) is 89.3 Å². The van der Waals surface area contributed by atoms with Crippen molar-refractivity contribution in [2.75, 3.05) is 152 Å². The van der Waals surface area contributed by atoms with Crippen molar-refractivity contribution in [2.24, 2.45) is 35.5 Å². The van der Waals surface area contributed by atoms with E-state index >= 15 is 0 Å². The number of alkyl carbamates (subject to hydrolysis) is 1. The number of aromatic nitrogens is 6. The first kappa shape index (κ1) is 99.5. The van der Waals surface area contributed by atoms with E-state index in [1.807, 2.05) is 79.1 Å². The minimum absolute atomic E-state index is 0.0184. The number of rotatable bonds is 37. The van der Waals surface area contributed by atoms with Crippen LogP contribution in [0.1, 0.15) is 149 Å². The Labute approximate surface area is 739 Å². The van der Waals surface area contributed by atoms with Gasteiger partial charge in [-0.05, 0) is 142 Å². The fourth-order valence-corrected chi connectivity index (χ4v) is 17.1. The molecule has 5 aliphatic rings. The number of fused-ring (bicyclic) bond motifs is 6. The number of cyclic esters (lactones) is 1. The topological polar surface area (TPSA) is 406 Å². The number of nitrogens with two attached hydrogens (primary N) is 1. The molecule has 1 aromatic carbocycles. The van der Waals surface area contributed by atoms with Crippen LogP contribution in [0.15, 0.2) is 96.7 Å². The van der Waals surface area contributed by atoms with Crippen LogP contribution in [0.3, 0.4) is 0 Å². The second-order valence-corrected chi connectivity index (χ2v) is 33.8. The average molecular weight is 1760 g/mol. The van der Waals surface area contributed by atoms with Crippen LogP contribution in [0, 0.1) is 35.5 Å². The molecule has 1 aliphatic carbocycles. The van der Waals surface area contributed by atoms with Crippen LogP contribution in [0.2, 0.25) is 0 Å². The number of ether oxygens (including phenoxy) is 14. The molecule has 6 N–H and O–H groups in total. The van der Waals surface area contributed by atoms with Gasteiger partial charge in [-0.25, -0.2) is 29.2 Å². The van der Waals surface area contributed by atoms with Crippen molar-refractivity contribution in [1.29, 1.82) is 0 Å². The van der Waals surface area contributed by atoms with Gasteiger partial charge < -0.3 is 102 Å². The van der Waals surface area contributed by atoms with Crippen LogP contribution in [-0.4, -0.2) is 292 Å². The first-order valence-electron chi connectivity index (χ1n) is 44.7. The van der Waals surface area contributed by atoms with E-state index in [9.17, 15) is 43.8 Å². The van der Waals surface area contributed by atoms with Crippen LogP contribution in [0.25, 0.3) is 33.3 Å². The van der Waals surface area contributed by atoms with Crippen LogP contribution in [-0.2, 0) is 115 Å². The average Bonchev–Trinajstić information content (AvgIpc) is 1.49. The first-order chi connectivity index (χ1) is 60.9. The van der Waals surface area contributed by atoms with Crippen molar-refractivity contribution < 1.29 is 110 Å². The van der Waals surface area contributed by atoms with E-state index in [2.05, 4.69) is 43.5 Å². The molecule has 0 spiro atoms.